The van der Waals surface area contributed by atoms with Crippen molar-refractivity contribution < 1.29 is 13.2 Å². The number of H-pyrrole nitrogens is 1. The van der Waals surface area contributed by atoms with E-state index in [-0.39, 0.29) is 11.4 Å². The van der Waals surface area contributed by atoms with Gasteiger partial charge in [0, 0.05) is 41.5 Å². The molecular formula is C22H20F3N5. The number of nitrogens with zero attached hydrogens (tertiary/aromatic N) is 3. The summed E-state index contributed by atoms with van der Waals surface area (Å²) < 4.78 is 42.3. The molecule has 0 fully saturated rings. The summed E-state index contributed by atoms with van der Waals surface area (Å²) in [6.07, 6.45) is 1.62. The maximum Gasteiger partial charge on any atom is 0.135 e. The highest BCUT2D eigenvalue weighted by atomic mass is 19.1. The zero-order chi connectivity index (χ0) is 21.3. The molecule has 0 saturated heterocycles. The number of halogens is 3. The van der Waals surface area contributed by atoms with Gasteiger partial charge in [-0.2, -0.15) is 10.2 Å². The van der Waals surface area contributed by atoms with Gasteiger partial charge in [0.05, 0.1) is 23.3 Å². The molecule has 0 unspecified atom stereocenters. The minimum atomic E-state index is -0.646. The summed E-state index contributed by atoms with van der Waals surface area (Å²) in [5, 5.41) is 14.7. The van der Waals surface area contributed by atoms with Gasteiger partial charge in [-0.3, -0.25) is 5.10 Å². The van der Waals surface area contributed by atoms with Gasteiger partial charge < -0.3 is 5.32 Å². The van der Waals surface area contributed by atoms with E-state index in [0.29, 0.717) is 18.8 Å². The molecule has 0 aliphatic rings. The number of aryl methyl sites for hydroxylation is 1. The molecule has 30 heavy (non-hydrogen) atoms. The Hall–Kier alpha value is -3.39. The van der Waals surface area contributed by atoms with Gasteiger partial charge in [-0.25, -0.2) is 17.9 Å². The lowest BCUT2D eigenvalue weighted by Gasteiger charge is -2.08. The lowest BCUT2D eigenvalue weighted by molar-refractivity contribution is 0.585. The highest BCUT2D eigenvalue weighted by molar-refractivity contribution is 5.63. The lowest BCUT2D eigenvalue weighted by Crippen LogP contribution is -2.14. The molecule has 0 bridgehead atoms. The summed E-state index contributed by atoms with van der Waals surface area (Å²) in [7, 11) is 0. The standard InChI is InChI=1S/C22H20F3N5/c1-13-20(14(2)30(29-13)18-6-3-16(23)4-7-18)12-26-10-15-11-27-28-22(15)19-8-5-17(24)9-21(19)25/h3-9,11,26H,10,12H2,1-2H3,(H,27,28). The highest BCUT2D eigenvalue weighted by Gasteiger charge is 2.15. The van der Waals surface area contributed by atoms with Gasteiger partial charge in [0.2, 0.25) is 0 Å². The summed E-state index contributed by atoms with van der Waals surface area (Å²) in [5.74, 6) is -1.57. The van der Waals surface area contributed by atoms with Crippen LogP contribution in [-0.2, 0) is 13.1 Å². The topological polar surface area (TPSA) is 58.5 Å². The van der Waals surface area contributed by atoms with E-state index in [0.717, 1.165) is 34.3 Å². The Balaban J connectivity index is 1.50. The minimum Gasteiger partial charge on any atom is -0.308 e. The van der Waals surface area contributed by atoms with Crippen LogP contribution < -0.4 is 5.32 Å². The molecule has 2 heterocycles. The number of benzene rings is 2. The third-order valence-electron chi connectivity index (χ3n) is 5.05. The second-order valence-electron chi connectivity index (χ2n) is 7.04. The summed E-state index contributed by atoms with van der Waals surface area (Å²) in [4.78, 5) is 0. The largest absolute Gasteiger partial charge is 0.308 e. The third-order valence-corrected chi connectivity index (χ3v) is 5.05. The van der Waals surface area contributed by atoms with E-state index in [1.54, 1.807) is 23.0 Å². The number of aromatic amines is 1. The number of hydrogen-bond donors (Lipinski definition) is 2. The fraction of sp³-hybridized carbons (Fsp3) is 0.182. The minimum absolute atomic E-state index is 0.266. The Morgan fingerprint density at radius 2 is 1.70 bits per heavy atom. The van der Waals surface area contributed by atoms with Crippen molar-refractivity contribution in [2.45, 2.75) is 26.9 Å². The van der Waals surface area contributed by atoms with E-state index >= 15 is 0 Å². The number of nitrogens with one attached hydrogen (secondary N) is 2. The van der Waals surface area contributed by atoms with Gasteiger partial charge in [-0.15, -0.1) is 0 Å². The quantitative estimate of drug-likeness (QED) is 0.488. The molecule has 8 heteroatoms. The van der Waals surface area contributed by atoms with Crippen LogP contribution in [0.1, 0.15) is 22.5 Å². The molecular weight excluding hydrogens is 391 g/mol. The van der Waals surface area contributed by atoms with E-state index in [2.05, 4.69) is 20.6 Å². The number of hydrogen-bond acceptors (Lipinski definition) is 3. The molecule has 2 aromatic carbocycles. The van der Waals surface area contributed by atoms with Crippen molar-refractivity contribution in [3.05, 3.63) is 88.6 Å². The molecule has 2 aromatic heterocycles. The van der Waals surface area contributed by atoms with Crippen LogP contribution in [0.15, 0.2) is 48.7 Å². The third kappa shape index (κ3) is 3.86. The van der Waals surface area contributed by atoms with Crippen molar-refractivity contribution in [1.82, 2.24) is 25.3 Å². The first kappa shape index (κ1) is 19.9. The van der Waals surface area contributed by atoms with Gasteiger partial charge in [0.25, 0.3) is 0 Å². The van der Waals surface area contributed by atoms with Crippen LogP contribution in [0.25, 0.3) is 16.9 Å². The number of aromatic nitrogens is 4. The van der Waals surface area contributed by atoms with Gasteiger partial charge >= 0.3 is 0 Å². The molecule has 0 aliphatic carbocycles. The molecule has 2 N–H and O–H groups in total. The monoisotopic (exact) mass is 411 g/mol. The molecule has 0 spiro atoms. The van der Waals surface area contributed by atoms with Crippen molar-refractivity contribution in [2.24, 2.45) is 0 Å². The molecule has 4 aromatic rings. The Kier molecular flexibility index (Phi) is 5.41. The average molecular weight is 411 g/mol. The number of rotatable bonds is 6. The van der Waals surface area contributed by atoms with Gasteiger partial charge in [0.15, 0.2) is 0 Å². The van der Waals surface area contributed by atoms with Crippen LogP contribution in [0.3, 0.4) is 0 Å². The van der Waals surface area contributed by atoms with Crippen LogP contribution in [-0.4, -0.2) is 20.0 Å². The molecule has 0 amide bonds. The van der Waals surface area contributed by atoms with Crippen LogP contribution in [0.4, 0.5) is 13.2 Å². The summed E-state index contributed by atoms with van der Waals surface area (Å²) in [5.41, 5.74) is 5.16. The van der Waals surface area contributed by atoms with Crippen molar-refractivity contribution in [3.8, 4) is 16.9 Å². The predicted octanol–water partition coefficient (Wildman–Crippen LogP) is 4.59. The second-order valence-corrected chi connectivity index (χ2v) is 7.04. The maximum absolute atomic E-state index is 14.1. The van der Waals surface area contributed by atoms with Gasteiger partial charge in [-0.05, 0) is 50.2 Å². The van der Waals surface area contributed by atoms with E-state index in [1.807, 2.05) is 13.8 Å². The lowest BCUT2D eigenvalue weighted by atomic mass is 10.1. The van der Waals surface area contributed by atoms with Gasteiger partial charge in [-0.1, -0.05) is 0 Å². The van der Waals surface area contributed by atoms with Crippen LogP contribution in [0, 0.1) is 31.3 Å². The van der Waals surface area contributed by atoms with Crippen LogP contribution in [0.2, 0.25) is 0 Å². The van der Waals surface area contributed by atoms with Crippen molar-refractivity contribution >= 4 is 0 Å². The van der Waals surface area contributed by atoms with Crippen LogP contribution >= 0.6 is 0 Å². The van der Waals surface area contributed by atoms with Crippen molar-refractivity contribution in [2.75, 3.05) is 0 Å². The summed E-state index contributed by atoms with van der Waals surface area (Å²) >= 11 is 0. The second kappa shape index (κ2) is 8.16. The molecule has 0 radical (unpaired) electrons. The van der Waals surface area contributed by atoms with Gasteiger partial charge in [0.1, 0.15) is 17.5 Å². The van der Waals surface area contributed by atoms with E-state index in [1.165, 1.54) is 24.3 Å². The highest BCUT2D eigenvalue weighted by Crippen LogP contribution is 2.25. The SMILES string of the molecule is Cc1nn(-c2ccc(F)cc2)c(C)c1CNCc1cn[nH]c1-c1ccc(F)cc1F. The average Bonchev–Trinajstić information content (AvgIpc) is 3.28. The fourth-order valence-corrected chi connectivity index (χ4v) is 3.46. The summed E-state index contributed by atoms with van der Waals surface area (Å²) in [6, 6.07) is 9.62. The first-order valence-corrected chi connectivity index (χ1v) is 9.43. The Morgan fingerprint density at radius 3 is 2.43 bits per heavy atom. The van der Waals surface area contributed by atoms with E-state index < -0.39 is 11.6 Å². The van der Waals surface area contributed by atoms with Crippen molar-refractivity contribution in [1.29, 1.82) is 0 Å². The zero-order valence-electron chi connectivity index (χ0n) is 16.5. The summed E-state index contributed by atoms with van der Waals surface area (Å²) in [6.45, 7) is 4.84. The molecule has 154 valence electrons. The molecule has 4 rings (SSSR count). The van der Waals surface area contributed by atoms with Crippen molar-refractivity contribution in [3.63, 3.8) is 0 Å². The Labute approximate surface area is 171 Å². The van der Waals surface area contributed by atoms with E-state index in [9.17, 15) is 13.2 Å². The van der Waals surface area contributed by atoms with Crippen LogP contribution in [0.5, 0.6) is 0 Å². The maximum atomic E-state index is 14.1. The Bertz CT molecular complexity index is 1180. The molecule has 0 saturated carbocycles. The molecule has 0 atom stereocenters. The zero-order valence-corrected chi connectivity index (χ0v) is 16.5. The normalized spacial score (nSPS) is 11.2. The smallest absolute Gasteiger partial charge is 0.135 e. The first-order chi connectivity index (χ1) is 14.4. The van der Waals surface area contributed by atoms with E-state index in [4.69, 9.17) is 0 Å². The Morgan fingerprint density at radius 1 is 0.967 bits per heavy atom. The fourth-order valence-electron chi connectivity index (χ4n) is 3.46. The predicted molar refractivity (Wildman–Crippen MR) is 107 cm³/mol. The first-order valence-electron chi connectivity index (χ1n) is 9.43. The molecule has 0 aliphatic heterocycles. The molecule has 5 nitrogen and oxygen atoms in total.